The van der Waals surface area contributed by atoms with Crippen molar-refractivity contribution in [3.8, 4) is 17.4 Å². The number of nitrogens with zero attached hydrogens (tertiary/aromatic N) is 5. The van der Waals surface area contributed by atoms with Crippen molar-refractivity contribution in [1.29, 1.82) is 5.26 Å². The van der Waals surface area contributed by atoms with Gasteiger partial charge in [-0.15, -0.1) is 0 Å². The Morgan fingerprint density at radius 2 is 1.79 bits per heavy atom. The molecule has 0 unspecified atom stereocenters. The number of nitriles is 1. The molecule has 3 N–H and O–H groups in total. The molecule has 0 aliphatic heterocycles. The normalized spacial score (nSPS) is 10.7. The number of hydrogen-bond acceptors (Lipinski definition) is 6. The van der Waals surface area contributed by atoms with Crippen molar-refractivity contribution in [2.45, 2.75) is 18.0 Å². The maximum atomic E-state index is 12.9. The van der Waals surface area contributed by atoms with Gasteiger partial charge in [0.05, 0.1) is 17.6 Å². The number of imidazole rings is 1. The Bertz CT molecular complexity index is 1290. The average Bonchev–Trinajstić information content (AvgIpc) is 3.43. The predicted octanol–water partition coefficient (Wildman–Crippen LogP) is 3.60. The topological polar surface area (TPSA) is 115 Å². The zero-order valence-electron chi connectivity index (χ0n) is 18.1. The summed E-state index contributed by atoms with van der Waals surface area (Å²) in [5.41, 5.74) is 9.30. The summed E-state index contributed by atoms with van der Waals surface area (Å²) in [6.07, 6.45) is 4.64. The van der Waals surface area contributed by atoms with E-state index in [2.05, 4.69) is 21.5 Å². The molecule has 8 nitrogen and oxygen atoms in total. The summed E-state index contributed by atoms with van der Waals surface area (Å²) in [6, 6.07) is 21.3. The number of amides is 1. The highest BCUT2D eigenvalue weighted by molar-refractivity contribution is 7.98. The van der Waals surface area contributed by atoms with E-state index >= 15 is 0 Å². The first-order chi connectivity index (χ1) is 16.1. The number of thioether (sulfide) groups is 1. The van der Waals surface area contributed by atoms with Crippen LogP contribution in [0.1, 0.15) is 28.2 Å². The van der Waals surface area contributed by atoms with Crippen LogP contribution in [-0.4, -0.2) is 38.0 Å². The molecule has 0 radical (unpaired) electrons. The Morgan fingerprint density at radius 1 is 1.12 bits per heavy atom. The summed E-state index contributed by atoms with van der Waals surface area (Å²) in [5.74, 6) is 0.112. The number of anilines is 1. The van der Waals surface area contributed by atoms with Crippen LogP contribution in [0.2, 0.25) is 0 Å². The molecule has 0 saturated heterocycles. The molecule has 1 amide bonds. The van der Waals surface area contributed by atoms with Crippen LogP contribution in [0.25, 0.3) is 11.4 Å². The minimum Gasteiger partial charge on any atom is -0.382 e. The molecule has 0 saturated carbocycles. The number of hydrogen-bond donors (Lipinski definition) is 2. The van der Waals surface area contributed by atoms with E-state index in [1.54, 1.807) is 10.9 Å². The highest BCUT2D eigenvalue weighted by Crippen LogP contribution is 2.23. The first-order valence-electron chi connectivity index (χ1n) is 10.4. The second-order valence-corrected chi connectivity index (χ2v) is 8.00. The smallest absolute Gasteiger partial charge is 0.269 e. The van der Waals surface area contributed by atoms with Crippen molar-refractivity contribution >= 4 is 23.5 Å². The number of nitrogen functional groups attached to an aromatic ring is 1. The van der Waals surface area contributed by atoms with Gasteiger partial charge in [-0.1, -0.05) is 48.2 Å². The Balaban J connectivity index is 1.43. The van der Waals surface area contributed by atoms with Crippen LogP contribution in [-0.2, 0) is 6.42 Å². The van der Waals surface area contributed by atoms with Gasteiger partial charge in [-0.3, -0.25) is 9.36 Å². The van der Waals surface area contributed by atoms with Crippen LogP contribution < -0.4 is 11.1 Å². The van der Waals surface area contributed by atoms with Crippen molar-refractivity contribution in [2.75, 3.05) is 18.5 Å². The number of nitrogens with one attached hydrogen (secondary N) is 1. The number of rotatable bonds is 8. The van der Waals surface area contributed by atoms with E-state index in [1.165, 1.54) is 11.8 Å². The summed E-state index contributed by atoms with van der Waals surface area (Å²) < 4.78 is 3.42. The summed E-state index contributed by atoms with van der Waals surface area (Å²) in [4.78, 5) is 17.2. The summed E-state index contributed by atoms with van der Waals surface area (Å²) in [7, 11) is 0. The molecule has 2 heterocycles. The molecule has 2 aromatic heterocycles. The fourth-order valence-electron chi connectivity index (χ4n) is 3.56. The molecule has 0 bridgehead atoms. The number of nitrogens with two attached hydrogens (primary N) is 1. The van der Waals surface area contributed by atoms with Gasteiger partial charge in [-0.2, -0.15) is 10.4 Å². The molecule has 0 fully saturated rings. The van der Waals surface area contributed by atoms with Crippen molar-refractivity contribution in [3.63, 3.8) is 0 Å². The number of para-hydroxylation sites is 2. The Morgan fingerprint density at radius 3 is 2.42 bits per heavy atom. The van der Waals surface area contributed by atoms with Gasteiger partial charge in [-0.25, -0.2) is 9.67 Å². The van der Waals surface area contributed by atoms with Gasteiger partial charge in [0, 0.05) is 12.2 Å². The lowest BCUT2D eigenvalue weighted by molar-refractivity contribution is 0.0946. The maximum absolute atomic E-state index is 12.9. The van der Waals surface area contributed by atoms with Crippen molar-refractivity contribution in [1.82, 2.24) is 24.6 Å². The van der Waals surface area contributed by atoms with Gasteiger partial charge in [-0.05, 0) is 43.4 Å². The first kappa shape index (κ1) is 22.2. The van der Waals surface area contributed by atoms with Crippen LogP contribution in [0.3, 0.4) is 0 Å². The summed E-state index contributed by atoms with van der Waals surface area (Å²) in [6.45, 7) is 0.427. The van der Waals surface area contributed by atoms with E-state index in [4.69, 9.17) is 5.73 Å². The van der Waals surface area contributed by atoms with E-state index in [1.807, 2.05) is 71.5 Å². The van der Waals surface area contributed by atoms with Crippen LogP contribution in [0.15, 0.2) is 72.0 Å². The molecule has 0 aliphatic rings. The average molecular weight is 458 g/mol. The van der Waals surface area contributed by atoms with Gasteiger partial charge in [0.1, 0.15) is 23.1 Å². The third kappa shape index (κ3) is 4.61. The lowest BCUT2D eigenvalue weighted by Crippen LogP contribution is -2.27. The fraction of sp³-hybridized carbons (Fsp3) is 0.167. The number of aryl methyl sites for hydroxylation is 1. The minimum atomic E-state index is -0.207. The third-order valence-corrected chi connectivity index (χ3v) is 5.79. The van der Waals surface area contributed by atoms with Gasteiger partial charge < -0.3 is 11.1 Å². The van der Waals surface area contributed by atoms with Crippen molar-refractivity contribution in [2.24, 2.45) is 0 Å². The Kier molecular flexibility index (Phi) is 6.76. The molecule has 0 atom stereocenters. The van der Waals surface area contributed by atoms with Gasteiger partial charge in [0.25, 0.3) is 5.91 Å². The molecule has 2 aromatic carbocycles. The maximum Gasteiger partial charge on any atom is 0.269 e. The number of carbonyl (C=O) groups is 1. The minimum absolute atomic E-state index is 0.207. The Labute approximate surface area is 196 Å². The first-order valence-corrected chi connectivity index (χ1v) is 11.6. The second kappa shape index (κ2) is 10.1. The van der Waals surface area contributed by atoms with Crippen molar-refractivity contribution < 1.29 is 4.79 Å². The lowest BCUT2D eigenvalue weighted by Gasteiger charge is -2.11. The van der Waals surface area contributed by atoms with E-state index in [0.717, 1.165) is 16.5 Å². The summed E-state index contributed by atoms with van der Waals surface area (Å²) >= 11 is 1.48. The van der Waals surface area contributed by atoms with E-state index in [0.29, 0.717) is 42.2 Å². The zero-order valence-corrected chi connectivity index (χ0v) is 18.9. The second-order valence-electron chi connectivity index (χ2n) is 7.23. The number of benzene rings is 2. The van der Waals surface area contributed by atoms with Gasteiger partial charge in [0.15, 0.2) is 5.16 Å². The highest BCUT2D eigenvalue weighted by Gasteiger charge is 2.18. The standard InChI is InChI=1S/C24H23N7OS/c1-33-24-28-16-21(30(24)17-9-4-2-5-10-17)23(32)27-14-8-13-20-19(15-25)22(26)31(29-20)18-11-6-3-7-12-18/h2-7,9-12,16H,8,13-14,26H2,1H3,(H,27,32). The van der Waals surface area contributed by atoms with Crippen LogP contribution in [0.5, 0.6) is 0 Å². The molecule has 166 valence electrons. The van der Waals surface area contributed by atoms with Crippen molar-refractivity contribution in [3.05, 3.63) is 83.8 Å². The fourth-order valence-corrected chi connectivity index (χ4v) is 4.10. The molecule has 33 heavy (non-hydrogen) atoms. The van der Waals surface area contributed by atoms with E-state index in [-0.39, 0.29) is 5.91 Å². The number of aromatic nitrogens is 4. The predicted molar refractivity (Wildman–Crippen MR) is 129 cm³/mol. The van der Waals surface area contributed by atoms with Crippen LogP contribution in [0.4, 0.5) is 5.82 Å². The molecular weight excluding hydrogens is 434 g/mol. The molecule has 9 heteroatoms. The van der Waals surface area contributed by atoms with Crippen LogP contribution in [0, 0.1) is 11.3 Å². The molecule has 0 spiro atoms. The lowest BCUT2D eigenvalue weighted by atomic mass is 10.1. The van der Waals surface area contributed by atoms with Gasteiger partial charge >= 0.3 is 0 Å². The quantitative estimate of drug-likeness (QED) is 0.309. The highest BCUT2D eigenvalue weighted by atomic mass is 32.2. The zero-order chi connectivity index (χ0) is 23.2. The largest absolute Gasteiger partial charge is 0.382 e. The monoisotopic (exact) mass is 457 g/mol. The van der Waals surface area contributed by atoms with Crippen LogP contribution >= 0.6 is 11.8 Å². The third-order valence-electron chi connectivity index (χ3n) is 5.14. The molecular formula is C24H23N7OS. The SMILES string of the molecule is CSc1ncc(C(=O)NCCCc2nn(-c3ccccc3)c(N)c2C#N)n1-c1ccccc1. The summed E-state index contributed by atoms with van der Waals surface area (Å²) in [5, 5.41) is 17.8. The Hall–Kier alpha value is -4.03. The van der Waals surface area contributed by atoms with E-state index in [9.17, 15) is 10.1 Å². The molecule has 4 rings (SSSR count). The van der Waals surface area contributed by atoms with E-state index < -0.39 is 0 Å². The van der Waals surface area contributed by atoms with Gasteiger partial charge in [0.2, 0.25) is 0 Å². The number of carbonyl (C=O) groups excluding carboxylic acids is 1. The molecule has 0 aliphatic carbocycles. The molecule has 4 aromatic rings.